The zero-order chi connectivity index (χ0) is 24.9. The van der Waals surface area contributed by atoms with Crippen LogP contribution in [0.2, 0.25) is 15.1 Å². The molecule has 1 atom stereocenters. The number of rotatable bonds is 9. The summed E-state index contributed by atoms with van der Waals surface area (Å²) < 4.78 is 25.9. The molecule has 7 nitrogen and oxygen atoms in total. The predicted molar refractivity (Wildman–Crippen MR) is 133 cm³/mol. The van der Waals surface area contributed by atoms with Gasteiger partial charge < -0.3 is 10.2 Å². The molecule has 0 bridgehead atoms. The van der Waals surface area contributed by atoms with Gasteiger partial charge in [0.2, 0.25) is 21.8 Å². The summed E-state index contributed by atoms with van der Waals surface area (Å²) in [6.07, 6.45) is 0.999. The Morgan fingerprint density at radius 3 is 2.00 bits per heavy atom. The van der Waals surface area contributed by atoms with E-state index in [4.69, 9.17) is 34.8 Å². The first-order valence-corrected chi connectivity index (χ1v) is 13.1. The number of carbonyl (C=O) groups excluding carboxylic acids is 2. The Morgan fingerprint density at radius 2 is 1.52 bits per heavy atom. The largest absolute Gasteiger partial charge is 0.352 e. The highest BCUT2D eigenvalue weighted by Crippen LogP contribution is 2.27. The lowest BCUT2D eigenvalue weighted by atomic mass is 10.1. The van der Waals surface area contributed by atoms with Crippen LogP contribution in [0, 0.1) is 0 Å². The van der Waals surface area contributed by atoms with Crippen LogP contribution < -0.4 is 9.62 Å². The molecule has 0 aliphatic rings. The van der Waals surface area contributed by atoms with Gasteiger partial charge in [-0.05, 0) is 57.2 Å². The second-order valence-corrected chi connectivity index (χ2v) is 11.0. The zero-order valence-electron chi connectivity index (χ0n) is 18.7. The molecule has 0 saturated heterocycles. The van der Waals surface area contributed by atoms with Crippen LogP contribution in [0.4, 0.5) is 5.69 Å². The van der Waals surface area contributed by atoms with E-state index in [-0.39, 0.29) is 24.2 Å². The molecule has 0 unspecified atom stereocenters. The Morgan fingerprint density at radius 1 is 0.970 bits per heavy atom. The van der Waals surface area contributed by atoms with Gasteiger partial charge in [0.1, 0.15) is 12.6 Å². The SMILES string of the molecule is CC(C)NC(=O)[C@H](C)N(Cc1c(Cl)cccc1Cl)C(=O)CN(c1ccc(Cl)cc1)S(C)(=O)=O. The molecule has 0 aromatic heterocycles. The molecule has 0 aliphatic carbocycles. The molecule has 0 spiro atoms. The minimum absolute atomic E-state index is 0.0811. The van der Waals surface area contributed by atoms with Gasteiger partial charge in [-0.25, -0.2) is 8.42 Å². The fourth-order valence-corrected chi connectivity index (χ4v) is 4.56. The van der Waals surface area contributed by atoms with Crippen molar-refractivity contribution in [3.8, 4) is 0 Å². The minimum Gasteiger partial charge on any atom is -0.352 e. The first kappa shape index (κ1) is 27.2. The topological polar surface area (TPSA) is 86.8 Å². The Hall–Kier alpha value is -2.00. The maximum atomic E-state index is 13.4. The molecule has 0 fully saturated rings. The molecule has 11 heteroatoms. The molecule has 33 heavy (non-hydrogen) atoms. The number of benzene rings is 2. The summed E-state index contributed by atoms with van der Waals surface area (Å²) in [5.74, 6) is -0.989. The maximum Gasteiger partial charge on any atom is 0.244 e. The Labute approximate surface area is 209 Å². The number of halogens is 3. The second kappa shape index (κ2) is 11.4. The van der Waals surface area contributed by atoms with Crippen molar-refractivity contribution in [1.29, 1.82) is 0 Å². The first-order chi connectivity index (χ1) is 15.3. The number of nitrogens with one attached hydrogen (secondary N) is 1. The van der Waals surface area contributed by atoms with Gasteiger partial charge in [0.25, 0.3) is 0 Å². The highest BCUT2D eigenvalue weighted by Gasteiger charge is 2.31. The van der Waals surface area contributed by atoms with Gasteiger partial charge in [-0.1, -0.05) is 40.9 Å². The Kier molecular flexibility index (Phi) is 9.43. The summed E-state index contributed by atoms with van der Waals surface area (Å²) in [4.78, 5) is 27.4. The number of amides is 2. The van der Waals surface area contributed by atoms with E-state index in [1.807, 2.05) is 0 Å². The van der Waals surface area contributed by atoms with E-state index in [2.05, 4.69) is 5.32 Å². The first-order valence-electron chi connectivity index (χ1n) is 10.1. The summed E-state index contributed by atoms with van der Waals surface area (Å²) in [6.45, 7) is 4.55. The lowest BCUT2D eigenvalue weighted by Gasteiger charge is -2.32. The van der Waals surface area contributed by atoms with Gasteiger partial charge in [-0.2, -0.15) is 0 Å². The van der Waals surface area contributed by atoms with Gasteiger partial charge in [0, 0.05) is 33.2 Å². The van der Waals surface area contributed by atoms with Crippen molar-refractivity contribution in [2.75, 3.05) is 17.1 Å². The summed E-state index contributed by atoms with van der Waals surface area (Å²) in [7, 11) is -3.82. The number of hydrogen-bond acceptors (Lipinski definition) is 4. The summed E-state index contributed by atoms with van der Waals surface area (Å²) >= 11 is 18.5. The van der Waals surface area contributed by atoms with Gasteiger partial charge in [-0.3, -0.25) is 13.9 Å². The van der Waals surface area contributed by atoms with Crippen LogP contribution in [0.5, 0.6) is 0 Å². The third kappa shape index (κ3) is 7.50. The average molecular weight is 535 g/mol. The molecular weight excluding hydrogens is 509 g/mol. The number of carbonyl (C=O) groups is 2. The van der Waals surface area contributed by atoms with Gasteiger partial charge in [0.15, 0.2) is 0 Å². The Balaban J connectivity index is 2.44. The van der Waals surface area contributed by atoms with Crippen molar-refractivity contribution < 1.29 is 18.0 Å². The smallest absolute Gasteiger partial charge is 0.244 e. The number of anilines is 1. The molecule has 0 saturated carbocycles. The van der Waals surface area contributed by atoms with Crippen LogP contribution >= 0.6 is 34.8 Å². The van der Waals surface area contributed by atoms with E-state index >= 15 is 0 Å². The number of hydrogen-bond donors (Lipinski definition) is 1. The highest BCUT2D eigenvalue weighted by atomic mass is 35.5. The molecule has 2 rings (SSSR count). The molecule has 2 aromatic carbocycles. The van der Waals surface area contributed by atoms with Crippen LogP contribution in [0.25, 0.3) is 0 Å². The standard InChI is InChI=1S/C22H26Cl3N3O4S/c1-14(2)26-22(30)15(3)27(12-18-19(24)6-5-7-20(18)25)21(29)13-28(33(4,31)32)17-10-8-16(23)9-11-17/h5-11,14-15H,12-13H2,1-4H3,(H,26,30)/t15-/m0/s1. The predicted octanol–water partition coefficient (Wildman–Crippen LogP) is 4.35. The summed E-state index contributed by atoms with van der Waals surface area (Å²) in [6, 6.07) is 9.91. The quantitative estimate of drug-likeness (QED) is 0.518. The van der Waals surface area contributed by atoms with E-state index < -0.39 is 28.5 Å². The fourth-order valence-electron chi connectivity index (χ4n) is 3.06. The summed E-state index contributed by atoms with van der Waals surface area (Å²) in [5, 5.41) is 3.85. The molecule has 0 aliphatic heterocycles. The summed E-state index contributed by atoms with van der Waals surface area (Å²) in [5.41, 5.74) is 0.723. The normalized spacial score (nSPS) is 12.4. The second-order valence-electron chi connectivity index (χ2n) is 7.81. The molecule has 0 radical (unpaired) electrons. The molecule has 1 N–H and O–H groups in total. The lowest BCUT2D eigenvalue weighted by molar-refractivity contribution is -0.139. The number of sulfonamides is 1. The van der Waals surface area contributed by atoms with Gasteiger partial charge in [0.05, 0.1) is 11.9 Å². The molecule has 2 aromatic rings. The minimum atomic E-state index is -3.82. The molecule has 180 valence electrons. The molecule has 2 amide bonds. The third-order valence-electron chi connectivity index (χ3n) is 4.78. The van der Waals surface area contributed by atoms with Crippen LogP contribution in [0.1, 0.15) is 26.3 Å². The van der Waals surface area contributed by atoms with E-state index in [1.165, 1.54) is 29.2 Å². The van der Waals surface area contributed by atoms with E-state index in [1.54, 1.807) is 39.0 Å². The highest BCUT2D eigenvalue weighted by molar-refractivity contribution is 7.92. The van der Waals surface area contributed by atoms with Crippen LogP contribution in [-0.2, 0) is 26.2 Å². The van der Waals surface area contributed by atoms with Crippen molar-refractivity contribution in [2.45, 2.75) is 39.4 Å². The lowest BCUT2D eigenvalue weighted by Crippen LogP contribution is -2.52. The van der Waals surface area contributed by atoms with E-state index in [0.717, 1.165) is 10.6 Å². The maximum absolute atomic E-state index is 13.4. The van der Waals surface area contributed by atoms with Crippen molar-refractivity contribution in [3.05, 3.63) is 63.1 Å². The van der Waals surface area contributed by atoms with E-state index in [9.17, 15) is 18.0 Å². The molecular formula is C22H26Cl3N3O4S. The van der Waals surface area contributed by atoms with Crippen LogP contribution in [0.15, 0.2) is 42.5 Å². The van der Waals surface area contributed by atoms with Gasteiger partial charge in [-0.15, -0.1) is 0 Å². The van der Waals surface area contributed by atoms with Crippen molar-refractivity contribution >= 4 is 62.3 Å². The average Bonchev–Trinajstić information content (AvgIpc) is 2.70. The third-order valence-corrected chi connectivity index (χ3v) is 6.88. The Bertz CT molecular complexity index is 1090. The fraction of sp³-hybridized carbons (Fsp3) is 0.364. The zero-order valence-corrected chi connectivity index (χ0v) is 21.8. The van der Waals surface area contributed by atoms with Crippen molar-refractivity contribution in [3.63, 3.8) is 0 Å². The van der Waals surface area contributed by atoms with Crippen molar-refractivity contribution in [2.24, 2.45) is 0 Å². The molecule has 0 heterocycles. The number of nitrogens with zero attached hydrogens (tertiary/aromatic N) is 2. The monoisotopic (exact) mass is 533 g/mol. The van der Waals surface area contributed by atoms with E-state index in [0.29, 0.717) is 20.6 Å². The van der Waals surface area contributed by atoms with Crippen LogP contribution in [0.3, 0.4) is 0 Å². The van der Waals surface area contributed by atoms with Crippen LogP contribution in [-0.4, -0.2) is 50.0 Å². The van der Waals surface area contributed by atoms with Crippen molar-refractivity contribution in [1.82, 2.24) is 10.2 Å². The van der Waals surface area contributed by atoms with Gasteiger partial charge >= 0.3 is 0 Å².